The van der Waals surface area contributed by atoms with Crippen LogP contribution in [0, 0.1) is 0 Å². The number of carbonyl (C=O) groups is 1. The topological polar surface area (TPSA) is 159 Å². The van der Waals surface area contributed by atoms with Gasteiger partial charge in [-0.05, 0) is 12.0 Å². The van der Waals surface area contributed by atoms with Crippen molar-refractivity contribution in [1.29, 1.82) is 0 Å². The van der Waals surface area contributed by atoms with E-state index in [0.29, 0.717) is 0 Å². The Morgan fingerprint density at radius 1 is 1.25 bits per heavy atom. The maximum Gasteiger partial charge on any atom is 0.246 e. The minimum atomic E-state index is -2.58. The Kier molecular flexibility index (Phi) is 7.26. The first-order valence-electron chi connectivity index (χ1n) is 7.27. The molecule has 1 aliphatic heterocycles. The number of hydrogen-bond acceptors (Lipinski definition) is 8. The number of ether oxygens (including phenoxy) is 1. The second kappa shape index (κ2) is 8.32. The molecule has 2 rings (SSSR count). The minimum absolute atomic E-state index is 0. The van der Waals surface area contributed by atoms with Crippen molar-refractivity contribution in [3.05, 3.63) is 35.9 Å². The molecule has 9 heteroatoms. The van der Waals surface area contributed by atoms with Crippen LogP contribution in [-0.4, -0.2) is 69.0 Å². The molecule has 1 heterocycles. The van der Waals surface area contributed by atoms with Crippen molar-refractivity contribution in [3.8, 4) is 0 Å². The summed E-state index contributed by atoms with van der Waals surface area (Å²) in [6.07, 6.45) is -4.37. The Morgan fingerprint density at radius 2 is 1.83 bits per heavy atom. The Hall–Kier alpha value is -1.10. The maximum absolute atomic E-state index is 12.5. The zero-order valence-electron chi connectivity index (χ0n) is 12.9. The highest BCUT2D eigenvalue weighted by Gasteiger charge is 2.56. The number of nitrogens with two attached hydrogens (primary N) is 2. The molecular weight excluding hydrogens is 340 g/mol. The van der Waals surface area contributed by atoms with Crippen molar-refractivity contribution in [2.24, 2.45) is 11.5 Å². The zero-order valence-corrected chi connectivity index (χ0v) is 13.7. The van der Waals surface area contributed by atoms with Crippen molar-refractivity contribution in [1.82, 2.24) is 0 Å². The number of ketones is 1. The van der Waals surface area contributed by atoms with Crippen LogP contribution in [0.5, 0.6) is 0 Å². The molecule has 0 amide bonds. The number of aliphatic hydroxyl groups excluding tert-OH is 3. The van der Waals surface area contributed by atoms with Crippen molar-refractivity contribution in [2.45, 2.75) is 42.6 Å². The summed E-state index contributed by atoms with van der Waals surface area (Å²) in [6.45, 7) is -0.700. The number of halogens is 1. The lowest BCUT2D eigenvalue weighted by Gasteiger charge is -2.45. The fourth-order valence-corrected chi connectivity index (χ4v) is 2.64. The van der Waals surface area contributed by atoms with E-state index in [1.54, 1.807) is 24.3 Å². The maximum atomic E-state index is 12.5. The fraction of sp³-hybridized carbons (Fsp3) is 0.533. The molecule has 1 aromatic carbocycles. The molecule has 6 atom stereocenters. The highest BCUT2D eigenvalue weighted by molar-refractivity contribution is 5.91. The molecular formula is C15H23ClN2O6. The Morgan fingerprint density at radius 3 is 2.38 bits per heavy atom. The summed E-state index contributed by atoms with van der Waals surface area (Å²) in [6, 6.07) is 6.21. The molecule has 1 unspecified atom stereocenters. The standard InChI is InChI=1S/C15H22N2O6.ClH/c16-9(6-8-4-2-1-3-5-8)14(21)15(22)13(17)12(20)11(19)10(7-18)23-15;/h1-5,9-13,18-20,22H,6-7,16-17H2;1H/t9-,10+,11+,12-,13+,15?;/m0./s1. The van der Waals surface area contributed by atoms with Gasteiger partial charge in [0.2, 0.25) is 11.6 Å². The average molecular weight is 363 g/mol. The van der Waals surface area contributed by atoms with Gasteiger partial charge in [0, 0.05) is 0 Å². The number of benzene rings is 1. The number of carbonyl (C=O) groups excluding carboxylic acids is 1. The second-order valence-corrected chi connectivity index (χ2v) is 5.70. The minimum Gasteiger partial charge on any atom is -0.394 e. The molecule has 1 aromatic rings. The van der Waals surface area contributed by atoms with E-state index < -0.39 is 48.6 Å². The molecule has 8 N–H and O–H groups in total. The third-order valence-electron chi connectivity index (χ3n) is 4.05. The molecule has 0 saturated carbocycles. The van der Waals surface area contributed by atoms with E-state index in [9.17, 15) is 20.1 Å². The molecule has 24 heavy (non-hydrogen) atoms. The lowest BCUT2D eigenvalue weighted by molar-refractivity contribution is -0.298. The van der Waals surface area contributed by atoms with Gasteiger partial charge in [0.1, 0.15) is 18.3 Å². The predicted molar refractivity (Wildman–Crippen MR) is 87.3 cm³/mol. The molecule has 136 valence electrons. The predicted octanol–water partition coefficient (Wildman–Crippen LogP) is -2.32. The number of hydrogen-bond donors (Lipinski definition) is 6. The van der Waals surface area contributed by atoms with E-state index in [4.69, 9.17) is 21.3 Å². The first-order valence-corrected chi connectivity index (χ1v) is 7.27. The van der Waals surface area contributed by atoms with Crippen LogP contribution in [0.15, 0.2) is 30.3 Å². The van der Waals surface area contributed by atoms with Gasteiger partial charge in [-0.15, -0.1) is 12.4 Å². The second-order valence-electron chi connectivity index (χ2n) is 5.70. The van der Waals surface area contributed by atoms with Gasteiger partial charge in [-0.3, -0.25) is 4.79 Å². The first kappa shape index (κ1) is 20.9. The van der Waals surface area contributed by atoms with Crippen LogP contribution >= 0.6 is 12.4 Å². The van der Waals surface area contributed by atoms with Crippen LogP contribution < -0.4 is 11.5 Å². The molecule has 1 aliphatic rings. The van der Waals surface area contributed by atoms with Crippen LogP contribution in [0.2, 0.25) is 0 Å². The van der Waals surface area contributed by atoms with Crippen LogP contribution in [0.25, 0.3) is 0 Å². The lowest BCUT2D eigenvalue weighted by Crippen LogP contribution is -2.73. The van der Waals surface area contributed by atoms with E-state index in [-0.39, 0.29) is 18.8 Å². The third-order valence-corrected chi connectivity index (χ3v) is 4.05. The third kappa shape index (κ3) is 3.93. The largest absolute Gasteiger partial charge is 0.394 e. The summed E-state index contributed by atoms with van der Waals surface area (Å²) in [7, 11) is 0. The number of aliphatic hydroxyl groups is 4. The smallest absolute Gasteiger partial charge is 0.246 e. The van der Waals surface area contributed by atoms with E-state index in [1.807, 2.05) is 6.07 Å². The Bertz CT molecular complexity index is 546. The van der Waals surface area contributed by atoms with Crippen LogP contribution in [0.3, 0.4) is 0 Å². The fourth-order valence-electron chi connectivity index (χ4n) is 2.64. The average Bonchev–Trinajstić information content (AvgIpc) is 2.56. The number of rotatable bonds is 5. The van der Waals surface area contributed by atoms with Crippen molar-refractivity contribution < 1.29 is 30.0 Å². The van der Waals surface area contributed by atoms with Crippen molar-refractivity contribution in [2.75, 3.05) is 6.61 Å². The summed E-state index contributed by atoms with van der Waals surface area (Å²) in [5, 5.41) is 39.3. The summed E-state index contributed by atoms with van der Waals surface area (Å²) < 4.78 is 5.08. The summed E-state index contributed by atoms with van der Waals surface area (Å²) in [5.41, 5.74) is 12.3. The van der Waals surface area contributed by atoms with Crippen molar-refractivity contribution in [3.63, 3.8) is 0 Å². The molecule has 0 radical (unpaired) electrons. The van der Waals surface area contributed by atoms with Gasteiger partial charge in [0.05, 0.1) is 18.7 Å². The first-order chi connectivity index (χ1) is 10.8. The van der Waals surface area contributed by atoms with Crippen LogP contribution in [0.1, 0.15) is 5.56 Å². The summed E-state index contributed by atoms with van der Waals surface area (Å²) in [5.74, 6) is -3.50. The summed E-state index contributed by atoms with van der Waals surface area (Å²) in [4.78, 5) is 12.5. The molecule has 0 bridgehead atoms. The van der Waals surface area contributed by atoms with E-state index >= 15 is 0 Å². The lowest BCUT2D eigenvalue weighted by atomic mass is 9.85. The van der Waals surface area contributed by atoms with Crippen LogP contribution in [-0.2, 0) is 16.0 Å². The van der Waals surface area contributed by atoms with Crippen LogP contribution in [0.4, 0.5) is 0 Å². The molecule has 0 aromatic heterocycles. The molecule has 0 aliphatic carbocycles. The van der Waals surface area contributed by atoms with Gasteiger partial charge < -0.3 is 36.6 Å². The molecule has 1 fully saturated rings. The van der Waals surface area contributed by atoms with E-state index in [2.05, 4.69) is 0 Å². The van der Waals surface area contributed by atoms with Crippen molar-refractivity contribution >= 4 is 18.2 Å². The molecule has 0 spiro atoms. The monoisotopic (exact) mass is 362 g/mol. The van der Waals surface area contributed by atoms with Gasteiger partial charge in [0.15, 0.2) is 0 Å². The summed E-state index contributed by atoms with van der Waals surface area (Å²) >= 11 is 0. The Balaban J connectivity index is 0.00000288. The molecule has 1 saturated heterocycles. The number of Topliss-reactive ketones (excluding diaryl/α,β-unsaturated/α-hetero) is 1. The van der Waals surface area contributed by atoms with Gasteiger partial charge in [0.25, 0.3) is 0 Å². The van der Waals surface area contributed by atoms with E-state index in [0.717, 1.165) is 5.56 Å². The molecule has 8 nitrogen and oxygen atoms in total. The normalized spacial score (nSPS) is 34.2. The van der Waals surface area contributed by atoms with E-state index in [1.165, 1.54) is 0 Å². The zero-order chi connectivity index (χ0) is 17.2. The highest BCUT2D eigenvalue weighted by Crippen LogP contribution is 2.28. The Labute approximate surface area is 145 Å². The van der Waals surface area contributed by atoms with Gasteiger partial charge in [-0.2, -0.15) is 0 Å². The quantitative estimate of drug-likeness (QED) is 0.340. The van der Waals surface area contributed by atoms with Gasteiger partial charge >= 0.3 is 0 Å². The SMILES string of the molecule is Cl.N[C@@H]1[C@@H](O)[C@H](O)[C@@H](CO)OC1(O)C(=O)[C@@H](N)Cc1ccccc1. The van der Waals surface area contributed by atoms with Gasteiger partial charge in [-0.1, -0.05) is 30.3 Å². The van der Waals surface area contributed by atoms with Gasteiger partial charge in [-0.25, -0.2) is 0 Å². The highest BCUT2D eigenvalue weighted by atomic mass is 35.5.